The van der Waals surface area contributed by atoms with Crippen LogP contribution < -0.4 is 4.87 Å². The van der Waals surface area contributed by atoms with Crippen molar-refractivity contribution in [3.8, 4) is 5.75 Å². The van der Waals surface area contributed by atoms with E-state index in [0.29, 0.717) is 6.54 Å². The minimum Gasteiger partial charge on any atom is -0.508 e. The lowest BCUT2D eigenvalue weighted by molar-refractivity contribution is -0.154. The van der Waals surface area contributed by atoms with Crippen molar-refractivity contribution in [1.29, 1.82) is 0 Å². The van der Waals surface area contributed by atoms with E-state index in [1.54, 1.807) is 23.9 Å². The van der Waals surface area contributed by atoms with Crippen LogP contribution in [0.1, 0.15) is 28.3 Å². The van der Waals surface area contributed by atoms with Crippen molar-refractivity contribution in [3.05, 3.63) is 78.7 Å². The van der Waals surface area contributed by atoms with Gasteiger partial charge in [-0.1, -0.05) is 57.6 Å². The average molecular weight is 570 g/mol. The highest BCUT2D eigenvalue weighted by Crippen LogP contribution is 2.69. The molecular weight excluding hydrogens is 550 g/mol. The molecule has 2 aliphatic heterocycles. The number of ether oxygens (including phenoxy) is 1. The van der Waals surface area contributed by atoms with Gasteiger partial charge in [0.15, 0.2) is 0 Å². The van der Waals surface area contributed by atoms with Crippen molar-refractivity contribution in [3.63, 3.8) is 0 Å². The number of aromatic hydroxyl groups is 1. The number of carbonyl (C=O) groups is 2. The van der Waals surface area contributed by atoms with Crippen LogP contribution >= 0.6 is 39.0 Å². The quantitative estimate of drug-likeness (QED) is 0.366. The normalized spacial score (nSPS) is 32.3. The predicted octanol–water partition coefficient (Wildman–Crippen LogP) is 4.61. The zero-order valence-corrected chi connectivity index (χ0v) is 21.5. The molecular formula is C26H20BrNO5S2. The van der Waals surface area contributed by atoms with Crippen molar-refractivity contribution in [1.82, 2.24) is 4.57 Å². The van der Waals surface area contributed by atoms with Crippen LogP contribution in [-0.2, 0) is 20.9 Å². The number of esters is 2. The first-order valence-electron chi connectivity index (χ1n) is 11.6. The van der Waals surface area contributed by atoms with Gasteiger partial charge in [0.2, 0.25) is 0 Å². The highest BCUT2D eigenvalue weighted by molar-refractivity contribution is 9.10. The number of aromatic nitrogens is 1. The summed E-state index contributed by atoms with van der Waals surface area (Å²) in [5.74, 6) is -1.65. The molecule has 6 nitrogen and oxygen atoms in total. The second-order valence-electron chi connectivity index (χ2n) is 9.80. The number of halogens is 1. The number of nitrogens with zero attached hydrogens (tertiary/aromatic N) is 1. The molecule has 2 aromatic carbocycles. The van der Waals surface area contributed by atoms with Crippen LogP contribution in [0, 0.1) is 29.6 Å². The number of fused-ring (bicyclic) bond motifs is 9. The van der Waals surface area contributed by atoms with Gasteiger partial charge in [0.05, 0.1) is 23.4 Å². The summed E-state index contributed by atoms with van der Waals surface area (Å²) >= 11 is 6.46. The molecule has 4 aliphatic rings. The Morgan fingerprint density at radius 1 is 1.03 bits per heavy atom. The molecule has 9 heteroatoms. The zero-order chi connectivity index (χ0) is 24.0. The first-order valence-corrected chi connectivity index (χ1v) is 14.1. The number of cyclic esters (lactones) is 2. The van der Waals surface area contributed by atoms with Crippen LogP contribution in [0.15, 0.2) is 62.8 Å². The summed E-state index contributed by atoms with van der Waals surface area (Å²) in [7, 11) is 0. The van der Waals surface area contributed by atoms with Gasteiger partial charge in [-0.2, -0.15) is 0 Å². The van der Waals surface area contributed by atoms with Gasteiger partial charge in [0.25, 0.3) is 0 Å². The molecule has 2 saturated carbocycles. The largest absolute Gasteiger partial charge is 0.508 e. The van der Waals surface area contributed by atoms with Gasteiger partial charge in [-0.3, -0.25) is 19.0 Å². The fourth-order valence-electron chi connectivity index (χ4n) is 6.94. The Balaban J connectivity index is 1.41. The average Bonchev–Trinajstić information content (AvgIpc) is 3.56. The highest BCUT2D eigenvalue weighted by atomic mass is 79.9. The monoisotopic (exact) mass is 569 g/mol. The molecule has 0 spiro atoms. The molecule has 3 fully saturated rings. The standard InChI is InChI=1S/C26H20BrNO5S2/c27-12-6-7-16(29)13(8-12)17-18-14-9-15(20-19(14)24(30)33-25(20)31)21(18)34-23-22(17)35-26(32)28(23)10-11-4-2-1-3-5-11/h1-8,14-15,17-21,29H,9-10H2/t14-,15+,17-,18+,19+,20+,21-/m0/s1. The van der Waals surface area contributed by atoms with E-state index in [2.05, 4.69) is 15.9 Å². The fraction of sp³-hybridized carbons (Fsp3) is 0.346. The molecule has 0 radical (unpaired) electrons. The molecule has 178 valence electrons. The van der Waals surface area contributed by atoms with Gasteiger partial charge in [-0.05, 0) is 47.9 Å². The Kier molecular flexibility index (Phi) is 4.89. The number of phenols is 1. The Hall–Kier alpha value is -2.36. The number of hydrogen-bond donors (Lipinski definition) is 1. The number of rotatable bonds is 3. The van der Waals surface area contributed by atoms with Crippen LogP contribution in [0.5, 0.6) is 5.75 Å². The fourth-order valence-corrected chi connectivity index (χ4v) is 10.5. The molecule has 3 aromatic rings. The van der Waals surface area contributed by atoms with E-state index in [-0.39, 0.29) is 39.5 Å². The van der Waals surface area contributed by atoms with Gasteiger partial charge in [0.1, 0.15) is 5.75 Å². The van der Waals surface area contributed by atoms with Gasteiger partial charge < -0.3 is 9.84 Å². The van der Waals surface area contributed by atoms with E-state index in [9.17, 15) is 19.5 Å². The van der Waals surface area contributed by atoms with Crippen molar-refractivity contribution < 1.29 is 19.4 Å². The third-order valence-electron chi connectivity index (χ3n) is 8.19. The van der Waals surface area contributed by atoms with E-state index in [0.717, 1.165) is 31.9 Å². The number of thioether (sulfide) groups is 1. The predicted molar refractivity (Wildman–Crippen MR) is 135 cm³/mol. The van der Waals surface area contributed by atoms with Gasteiger partial charge in [-0.25, -0.2) is 0 Å². The van der Waals surface area contributed by atoms with Crippen LogP contribution in [-0.4, -0.2) is 26.9 Å². The summed E-state index contributed by atoms with van der Waals surface area (Å²) in [5, 5.41) is 11.9. The molecule has 1 saturated heterocycles. The van der Waals surface area contributed by atoms with Crippen LogP contribution in [0.4, 0.5) is 0 Å². The molecule has 7 atom stereocenters. The van der Waals surface area contributed by atoms with Crippen molar-refractivity contribution >= 4 is 51.0 Å². The summed E-state index contributed by atoms with van der Waals surface area (Å²) in [5.41, 5.74) is 1.79. The number of phenolic OH excluding ortho intramolecular Hbond substituents is 1. The lowest BCUT2D eigenvalue weighted by Gasteiger charge is -2.43. The third-order valence-corrected chi connectivity index (χ3v) is 11.5. The SMILES string of the molecule is O=C1OC(=O)[C@@H]2[C@H]3C[C@H]([C@@H]12)[C@@H]1[C@H](c2cc(Br)ccc2O)c2sc(=O)n(Cc4ccccc4)c2S[C@@H]31. The van der Waals surface area contributed by atoms with E-state index in [1.165, 1.54) is 11.3 Å². The second kappa shape index (κ2) is 7.82. The lowest BCUT2D eigenvalue weighted by Crippen LogP contribution is -2.43. The molecule has 0 amide bonds. The molecule has 1 aromatic heterocycles. The summed E-state index contributed by atoms with van der Waals surface area (Å²) in [6, 6.07) is 15.3. The molecule has 2 aliphatic carbocycles. The zero-order valence-electron chi connectivity index (χ0n) is 18.3. The van der Waals surface area contributed by atoms with Crippen molar-refractivity contribution in [2.75, 3.05) is 0 Å². The summed E-state index contributed by atoms with van der Waals surface area (Å²) in [6.45, 7) is 0.466. The van der Waals surface area contributed by atoms with Crippen molar-refractivity contribution in [2.45, 2.75) is 29.2 Å². The first kappa shape index (κ1) is 21.9. The number of hydrogen-bond acceptors (Lipinski definition) is 7. The summed E-state index contributed by atoms with van der Waals surface area (Å²) in [4.78, 5) is 39.4. The molecule has 35 heavy (non-hydrogen) atoms. The van der Waals surface area contributed by atoms with Gasteiger partial charge in [-0.15, -0.1) is 11.8 Å². The Labute approximate surface area is 217 Å². The second-order valence-corrected chi connectivity index (χ2v) is 12.9. The molecule has 7 rings (SSSR count). The van der Waals surface area contributed by atoms with Crippen LogP contribution in [0.3, 0.4) is 0 Å². The highest BCUT2D eigenvalue weighted by Gasteiger charge is 2.69. The number of thiazole rings is 1. The van der Waals surface area contributed by atoms with E-state index >= 15 is 0 Å². The third kappa shape index (κ3) is 3.10. The smallest absolute Gasteiger partial charge is 0.317 e. The Morgan fingerprint density at radius 3 is 2.54 bits per heavy atom. The molecule has 3 heterocycles. The maximum absolute atomic E-state index is 13.3. The maximum atomic E-state index is 13.3. The van der Waals surface area contributed by atoms with Gasteiger partial charge in [0, 0.05) is 26.1 Å². The molecule has 1 N–H and O–H groups in total. The molecule has 0 unspecified atom stereocenters. The maximum Gasteiger partial charge on any atom is 0.317 e. The van der Waals surface area contributed by atoms with Crippen LogP contribution in [0.2, 0.25) is 0 Å². The topological polar surface area (TPSA) is 85.6 Å². The Bertz CT molecular complexity index is 1450. The summed E-state index contributed by atoms with van der Waals surface area (Å²) < 4.78 is 7.76. The van der Waals surface area contributed by atoms with E-state index in [4.69, 9.17) is 4.74 Å². The van der Waals surface area contributed by atoms with Crippen molar-refractivity contribution in [2.24, 2.45) is 29.6 Å². The van der Waals surface area contributed by atoms with E-state index < -0.39 is 23.8 Å². The first-order chi connectivity index (χ1) is 16.9. The minimum absolute atomic E-state index is 0.0160. The number of benzene rings is 2. The van der Waals surface area contributed by atoms with Gasteiger partial charge >= 0.3 is 16.8 Å². The molecule has 2 bridgehead atoms. The minimum atomic E-state index is -0.421. The lowest BCUT2D eigenvalue weighted by atomic mass is 9.68. The Morgan fingerprint density at radius 2 is 1.77 bits per heavy atom. The summed E-state index contributed by atoms with van der Waals surface area (Å²) in [6.07, 6.45) is 0.793. The number of carbonyl (C=O) groups excluding carboxylic acids is 2. The van der Waals surface area contributed by atoms with E-state index in [1.807, 2.05) is 41.0 Å². The van der Waals surface area contributed by atoms with Crippen LogP contribution in [0.25, 0.3) is 0 Å².